The largest absolute Gasteiger partial charge is 0.481 e. The summed E-state index contributed by atoms with van der Waals surface area (Å²) in [6.07, 6.45) is -0.702. The molecule has 2 aromatic carbocycles. The molecule has 4 rings (SSSR count). The van der Waals surface area contributed by atoms with Crippen molar-refractivity contribution < 1.29 is 19.0 Å². The Balaban J connectivity index is 1.36. The fourth-order valence-electron chi connectivity index (χ4n) is 2.60. The Morgan fingerprint density at radius 1 is 1.22 bits per heavy atom. The molecule has 0 radical (unpaired) electrons. The van der Waals surface area contributed by atoms with Crippen LogP contribution < -0.4 is 19.5 Å². The van der Waals surface area contributed by atoms with Gasteiger partial charge in [0.25, 0.3) is 5.91 Å². The standard InChI is InChI=1S/C18H17N5O4/c1-12(27-14-7-8-15-16(9-14)26-11-25-15)18(24)19-10-17-20-21-22-23(17)13-5-3-2-4-6-13/h2-9,12H,10-11H2,1H3,(H,19,24). The first kappa shape index (κ1) is 16.8. The molecule has 1 unspecified atom stereocenters. The van der Waals surface area contributed by atoms with E-state index in [1.807, 2.05) is 30.3 Å². The molecule has 2 heterocycles. The lowest BCUT2D eigenvalue weighted by molar-refractivity contribution is -0.127. The summed E-state index contributed by atoms with van der Waals surface area (Å²) < 4.78 is 17.8. The maximum absolute atomic E-state index is 12.4. The molecule has 1 atom stereocenters. The number of carbonyl (C=O) groups excluding carboxylic acids is 1. The van der Waals surface area contributed by atoms with Gasteiger partial charge in [0.05, 0.1) is 12.2 Å². The number of ether oxygens (including phenoxy) is 3. The van der Waals surface area contributed by atoms with Gasteiger partial charge in [0, 0.05) is 6.07 Å². The van der Waals surface area contributed by atoms with Crippen LogP contribution in [0.3, 0.4) is 0 Å². The van der Waals surface area contributed by atoms with E-state index in [1.165, 1.54) is 0 Å². The highest BCUT2D eigenvalue weighted by Gasteiger charge is 2.19. The maximum Gasteiger partial charge on any atom is 0.261 e. The molecule has 0 saturated carbocycles. The number of hydrogen-bond acceptors (Lipinski definition) is 7. The summed E-state index contributed by atoms with van der Waals surface area (Å²) in [4.78, 5) is 12.4. The van der Waals surface area contributed by atoms with Crippen molar-refractivity contribution in [2.45, 2.75) is 19.6 Å². The summed E-state index contributed by atoms with van der Waals surface area (Å²) in [5, 5.41) is 14.4. The maximum atomic E-state index is 12.4. The number of hydrogen-bond donors (Lipinski definition) is 1. The highest BCUT2D eigenvalue weighted by molar-refractivity contribution is 5.80. The molecule has 9 nitrogen and oxygen atoms in total. The molecule has 3 aromatic rings. The van der Waals surface area contributed by atoms with Crippen LogP contribution in [-0.2, 0) is 11.3 Å². The zero-order chi connectivity index (χ0) is 18.6. The van der Waals surface area contributed by atoms with Crippen LogP contribution in [0.15, 0.2) is 48.5 Å². The lowest BCUT2D eigenvalue weighted by Crippen LogP contribution is -2.36. The van der Waals surface area contributed by atoms with Gasteiger partial charge in [-0.15, -0.1) is 5.10 Å². The second-order valence-corrected chi connectivity index (χ2v) is 5.84. The van der Waals surface area contributed by atoms with Gasteiger partial charge in [0.2, 0.25) is 6.79 Å². The van der Waals surface area contributed by atoms with Crippen LogP contribution in [0.5, 0.6) is 17.2 Å². The van der Waals surface area contributed by atoms with Gasteiger partial charge in [-0.2, -0.15) is 4.68 Å². The van der Waals surface area contributed by atoms with Crippen molar-refractivity contribution in [1.82, 2.24) is 25.5 Å². The Morgan fingerprint density at radius 3 is 2.89 bits per heavy atom. The molecular formula is C18H17N5O4. The summed E-state index contributed by atoms with van der Waals surface area (Å²) in [5.41, 5.74) is 0.816. The average molecular weight is 367 g/mol. The van der Waals surface area contributed by atoms with Crippen LogP contribution in [0, 0.1) is 0 Å². The van der Waals surface area contributed by atoms with Crippen LogP contribution in [-0.4, -0.2) is 39.0 Å². The lowest BCUT2D eigenvalue weighted by Gasteiger charge is -2.15. The van der Waals surface area contributed by atoms with E-state index in [4.69, 9.17) is 14.2 Å². The molecule has 0 spiro atoms. The third kappa shape index (κ3) is 3.66. The predicted molar refractivity (Wildman–Crippen MR) is 93.7 cm³/mol. The quantitative estimate of drug-likeness (QED) is 0.704. The second-order valence-electron chi connectivity index (χ2n) is 5.84. The Labute approximate surface area is 154 Å². The van der Waals surface area contributed by atoms with Crippen molar-refractivity contribution in [1.29, 1.82) is 0 Å². The first-order valence-electron chi connectivity index (χ1n) is 8.37. The molecule has 1 N–H and O–H groups in total. The molecule has 1 aromatic heterocycles. The van der Waals surface area contributed by atoms with Crippen molar-refractivity contribution in [3.05, 3.63) is 54.4 Å². The van der Waals surface area contributed by atoms with E-state index >= 15 is 0 Å². The molecule has 0 saturated heterocycles. The molecule has 0 fully saturated rings. The molecule has 1 aliphatic heterocycles. The first-order valence-corrected chi connectivity index (χ1v) is 8.37. The topological polar surface area (TPSA) is 100 Å². The van der Waals surface area contributed by atoms with Gasteiger partial charge in [-0.1, -0.05) is 18.2 Å². The van der Waals surface area contributed by atoms with Crippen molar-refractivity contribution in [2.24, 2.45) is 0 Å². The number of carbonyl (C=O) groups is 1. The number of rotatable bonds is 6. The number of nitrogens with one attached hydrogen (secondary N) is 1. The van der Waals surface area contributed by atoms with Crippen LogP contribution in [0.4, 0.5) is 0 Å². The van der Waals surface area contributed by atoms with Gasteiger partial charge >= 0.3 is 0 Å². The zero-order valence-electron chi connectivity index (χ0n) is 14.5. The van der Waals surface area contributed by atoms with Crippen LogP contribution in [0.1, 0.15) is 12.7 Å². The molecule has 9 heteroatoms. The molecule has 27 heavy (non-hydrogen) atoms. The van der Waals surface area contributed by atoms with Gasteiger partial charge in [-0.25, -0.2) is 0 Å². The fraction of sp³-hybridized carbons (Fsp3) is 0.222. The van der Waals surface area contributed by atoms with E-state index in [2.05, 4.69) is 20.8 Å². The van der Waals surface area contributed by atoms with Crippen molar-refractivity contribution in [3.8, 4) is 22.9 Å². The van der Waals surface area contributed by atoms with E-state index in [9.17, 15) is 4.79 Å². The Morgan fingerprint density at radius 2 is 2.04 bits per heavy atom. The first-order chi connectivity index (χ1) is 13.2. The predicted octanol–water partition coefficient (Wildman–Crippen LogP) is 1.47. The number of benzene rings is 2. The molecule has 1 amide bonds. The zero-order valence-corrected chi connectivity index (χ0v) is 14.5. The Kier molecular flexibility index (Phi) is 4.56. The molecule has 0 aliphatic carbocycles. The summed E-state index contributed by atoms with van der Waals surface area (Å²) in [6.45, 7) is 2.03. The summed E-state index contributed by atoms with van der Waals surface area (Å²) >= 11 is 0. The number of amides is 1. The van der Waals surface area contributed by atoms with Gasteiger partial charge < -0.3 is 19.5 Å². The minimum atomic E-state index is -0.702. The van der Waals surface area contributed by atoms with Gasteiger partial charge in [-0.05, 0) is 41.6 Å². The normalized spacial score (nSPS) is 13.2. The molecule has 138 valence electrons. The van der Waals surface area contributed by atoms with E-state index in [-0.39, 0.29) is 19.2 Å². The highest BCUT2D eigenvalue weighted by Crippen LogP contribution is 2.35. The van der Waals surface area contributed by atoms with Gasteiger partial charge in [-0.3, -0.25) is 4.79 Å². The van der Waals surface area contributed by atoms with Crippen LogP contribution >= 0.6 is 0 Å². The number of para-hydroxylation sites is 1. The Hall–Kier alpha value is -3.62. The lowest BCUT2D eigenvalue weighted by atomic mass is 10.3. The van der Waals surface area contributed by atoms with Gasteiger partial charge in [0.15, 0.2) is 23.4 Å². The van der Waals surface area contributed by atoms with E-state index < -0.39 is 6.10 Å². The van der Waals surface area contributed by atoms with Crippen molar-refractivity contribution in [3.63, 3.8) is 0 Å². The van der Waals surface area contributed by atoms with E-state index in [0.29, 0.717) is 23.1 Å². The third-order valence-electron chi connectivity index (χ3n) is 3.98. The number of tetrazole rings is 1. The molecular weight excluding hydrogens is 350 g/mol. The third-order valence-corrected chi connectivity index (χ3v) is 3.98. The average Bonchev–Trinajstić information content (AvgIpc) is 3.35. The highest BCUT2D eigenvalue weighted by atomic mass is 16.7. The molecule has 1 aliphatic rings. The van der Waals surface area contributed by atoms with Crippen LogP contribution in [0.25, 0.3) is 5.69 Å². The summed E-state index contributed by atoms with van der Waals surface area (Å²) in [6, 6.07) is 14.6. The molecule has 0 bridgehead atoms. The van der Waals surface area contributed by atoms with E-state index in [1.54, 1.807) is 29.8 Å². The fourth-order valence-corrected chi connectivity index (χ4v) is 2.60. The minimum absolute atomic E-state index is 0.176. The smallest absolute Gasteiger partial charge is 0.261 e. The number of fused-ring (bicyclic) bond motifs is 1. The second kappa shape index (κ2) is 7.32. The number of aromatic nitrogens is 4. The summed E-state index contributed by atoms with van der Waals surface area (Å²) in [7, 11) is 0. The van der Waals surface area contributed by atoms with Crippen LogP contribution in [0.2, 0.25) is 0 Å². The van der Waals surface area contributed by atoms with Crippen molar-refractivity contribution in [2.75, 3.05) is 6.79 Å². The number of nitrogens with zero attached hydrogens (tertiary/aromatic N) is 4. The SMILES string of the molecule is CC(Oc1ccc2c(c1)OCO2)C(=O)NCc1nnnn1-c1ccccc1. The monoisotopic (exact) mass is 367 g/mol. The summed E-state index contributed by atoms with van der Waals surface area (Å²) in [5.74, 6) is 2.02. The van der Waals surface area contributed by atoms with Gasteiger partial charge in [0.1, 0.15) is 5.75 Å². The van der Waals surface area contributed by atoms with E-state index in [0.717, 1.165) is 5.69 Å². The minimum Gasteiger partial charge on any atom is -0.481 e. The Bertz CT molecular complexity index is 944. The van der Waals surface area contributed by atoms with Crippen molar-refractivity contribution >= 4 is 5.91 Å².